The summed E-state index contributed by atoms with van der Waals surface area (Å²) in [6.45, 7) is 1.61. The van der Waals surface area contributed by atoms with E-state index in [1.807, 2.05) is 6.07 Å². The molecule has 0 aromatic heterocycles. The predicted octanol–water partition coefficient (Wildman–Crippen LogP) is 3.28. The third-order valence-corrected chi connectivity index (χ3v) is 3.55. The monoisotopic (exact) mass is 362 g/mol. The molecule has 2 aromatic rings. The van der Waals surface area contributed by atoms with Crippen molar-refractivity contribution in [2.24, 2.45) is 5.10 Å². The van der Waals surface area contributed by atoms with Gasteiger partial charge in [0, 0.05) is 10.6 Å². The molecule has 0 unspecified atom stereocenters. The van der Waals surface area contributed by atoms with Gasteiger partial charge in [-0.05, 0) is 43.3 Å². The Balaban J connectivity index is 1.95. The van der Waals surface area contributed by atoms with Crippen molar-refractivity contribution in [2.45, 2.75) is 6.92 Å². The van der Waals surface area contributed by atoms with E-state index in [0.717, 1.165) is 5.56 Å². The van der Waals surface area contributed by atoms with Crippen molar-refractivity contribution in [3.05, 3.63) is 53.1 Å². The van der Waals surface area contributed by atoms with E-state index in [-0.39, 0.29) is 12.5 Å². The molecule has 1 amide bonds. The molecule has 0 aliphatic carbocycles. The van der Waals surface area contributed by atoms with Crippen molar-refractivity contribution in [3.63, 3.8) is 0 Å². The molecule has 0 saturated heterocycles. The highest BCUT2D eigenvalue weighted by Crippen LogP contribution is 2.27. The molecule has 0 aliphatic rings. The maximum absolute atomic E-state index is 11.8. The molecular weight excluding hydrogens is 344 g/mol. The number of benzene rings is 2. The van der Waals surface area contributed by atoms with Gasteiger partial charge in [-0.15, -0.1) is 0 Å². The zero-order valence-electron chi connectivity index (χ0n) is 14.2. The van der Waals surface area contributed by atoms with E-state index in [4.69, 9.17) is 25.8 Å². The first-order valence-corrected chi connectivity index (χ1v) is 7.85. The van der Waals surface area contributed by atoms with Crippen LogP contribution in [0, 0.1) is 0 Å². The van der Waals surface area contributed by atoms with Gasteiger partial charge in [0.05, 0.1) is 19.9 Å². The minimum absolute atomic E-state index is 0.164. The highest BCUT2D eigenvalue weighted by atomic mass is 35.5. The fourth-order valence-electron chi connectivity index (χ4n) is 2.01. The molecule has 0 spiro atoms. The first-order valence-electron chi connectivity index (χ1n) is 7.47. The number of amides is 1. The molecule has 7 heteroatoms. The lowest BCUT2D eigenvalue weighted by Crippen LogP contribution is -2.25. The average molecular weight is 363 g/mol. The summed E-state index contributed by atoms with van der Waals surface area (Å²) < 4.78 is 15.8. The van der Waals surface area contributed by atoms with Crippen LogP contribution in [0.4, 0.5) is 0 Å². The average Bonchev–Trinajstić information content (AvgIpc) is 2.63. The Labute approximate surface area is 151 Å². The third kappa shape index (κ3) is 5.39. The number of nitrogens with zero attached hydrogens (tertiary/aromatic N) is 1. The van der Waals surface area contributed by atoms with Gasteiger partial charge in [-0.1, -0.05) is 17.7 Å². The first-order chi connectivity index (χ1) is 12.0. The molecule has 132 valence electrons. The van der Waals surface area contributed by atoms with E-state index in [1.54, 1.807) is 57.5 Å². The second-order valence-corrected chi connectivity index (χ2v) is 5.48. The second-order valence-electron chi connectivity index (χ2n) is 5.05. The highest BCUT2D eigenvalue weighted by molar-refractivity contribution is 6.30. The van der Waals surface area contributed by atoms with Crippen LogP contribution in [0.15, 0.2) is 47.6 Å². The topological polar surface area (TPSA) is 69.2 Å². The molecule has 2 aromatic carbocycles. The van der Waals surface area contributed by atoms with Crippen molar-refractivity contribution >= 4 is 23.2 Å². The van der Waals surface area contributed by atoms with Gasteiger partial charge < -0.3 is 14.2 Å². The van der Waals surface area contributed by atoms with Gasteiger partial charge in [-0.25, -0.2) is 5.43 Å². The fourth-order valence-corrected chi connectivity index (χ4v) is 2.19. The van der Waals surface area contributed by atoms with Crippen LogP contribution in [0.2, 0.25) is 5.02 Å². The normalized spacial score (nSPS) is 11.0. The standard InChI is InChI=1S/C18H19ClN2O4/c1-12(13-7-8-16(23-2)17(9-13)24-3)20-21-18(22)11-25-15-6-4-5-14(19)10-15/h4-10H,11H2,1-3H3,(H,21,22)/b20-12-. The molecule has 25 heavy (non-hydrogen) atoms. The van der Waals surface area contributed by atoms with Gasteiger partial charge in [0.1, 0.15) is 5.75 Å². The van der Waals surface area contributed by atoms with Gasteiger partial charge >= 0.3 is 0 Å². The number of nitrogens with one attached hydrogen (secondary N) is 1. The maximum atomic E-state index is 11.8. The molecular formula is C18H19ClN2O4. The van der Waals surface area contributed by atoms with Gasteiger partial charge in [0.2, 0.25) is 0 Å². The van der Waals surface area contributed by atoms with E-state index in [0.29, 0.717) is 28.0 Å². The largest absolute Gasteiger partial charge is 0.493 e. The number of carbonyl (C=O) groups is 1. The van der Waals surface area contributed by atoms with E-state index in [9.17, 15) is 4.79 Å². The van der Waals surface area contributed by atoms with Crippen molar-refractivity contribution in [1.82, 2.24) is 5.43 Å². The predicted molar refractivity (Wildman–Crippen MR) is 96.8 cm³/mol. The summed E-state index contributed by atoms with van der Waals surface area (Å²) in [5.41, 5.74) is 3.87. The zero-order chi connectivity index (χ0) is 18.2. The van der Waals surface area contributed by atoms with Gasteiger partial charge in [0.25, 0.3) is 5.91 Å². The number of ether oxygens (including phenoxy) is 3. The lowest BCUT2D eigenvalue weighted by atomic mass is 10.1. The summed E-state index contributed by atoms with van der Waals surface area (Å²) in [5, 5.41) is 4.61. The molecule has 6 nitrogen and oxygen atoms in total. The number of carbonyl (C=O) groups excluding carboxylic acids is 1. The summed E-state index contributed by atoms with van der Waals surface area (Å²) in [6, 6.07) is 12.2. The molecule has 0 bridgehead atoms. The van der Waals surface area contributed by atoms with E-state index >= 15 is 0 Å². The summed E-state index contributed by atoms with van der Waals surface area (Å²) in [7, 11) is 3.13. The summed E-state index contributed by atoms with van der Waals surface area (Å²) >= 11 is 5.86. The minimum Gasteiger partial charge on any atom is -0.493 e. The number of hydrazone groups is 1. The Bertz CT molecular complexity index is 777. The van der Waals surface area contributed by atoms with Crippen molar-refractivity contribution in [3.8, 4) is 17.2 Å². The summed E-state index contributed by atoms with van der Waals surface area (Å²) in [4.78, 5) is 11.8. The molecule has 1 N–H and O–H groups in total. The molecule has 0 heterocycles. The van der Waals surface area contributed by atoms with Crippen LogP contribution in [-0.4, -0.2) is 32.4 Å². The lowest BCUT2D eigenvalue weighted by molar-refractivity contribution is -0.123. The number of hydrogen-bond acceptors (Lipinski definition) is 5. The fraction of sp³-hybridized carbons (Fsp3) is 0.222. The Morgan fingerprint density at radius 3 is 2.56 bits per heavy atom. The Kier molecular flexibility index (Phi) is 6.65. The van der Waals surface area contributed by atoms with Crippen molar-refractivity contribution in [2.75, 3.05) is 20.8 Å². The van der Waals surface area contributed by atoms with Gasteiger partial charge in [-0.2, -0.15) is 5.10 Å². The van der Waals surface area contributed by atoms with Crippen LogP contribution in [0.3, 0.4) is 0 Å². The highest BCUT2D eigenvalue weighted by Gasteiger charge is 2.07. The Morgan fingerprint density at radius 2 is 1.88 bits per heavy atom. The van der Waals surface area contributed by atoms with E-state index in [2.05, 4.69) is 10.5 Å². The molecule has 2 rings (SSSR count). The molecule has 0 radical (unpaired) electrons. The van der Waals surface area contributed by atoms with Crippen LogP contribution in [0.1, 0.15) is 12.5 Å². The van der Waals surface area contributed by atoms with E-state index in [1.165, 1.54) is 0 Å². The van der Waals surface area contributed by atoms with Crippen molar-refractivity contribution < 1.29 is 19.0 Å². The lowest BCUT2D eigenvalue weighted by Gasteiger charge is -2.09. The summed E-state index contributed by atoms with van der Waals surface area (Å²) in [5.74, 6) is 1.35. The third-order valence-electron chi connectivity index (χ3n) is 3.32. The number of methoxy groups -OCH3 is 2. The number of halogens is 1. The Morgan fingerprint density at radius 1 is 1.12 bits per heavy atom. The molecule has 0 aliphatic heterocycles. The smallest absolute Gasteiger partial charge is 0.277 e. The van der Waals surface area contributed by atoms with Crippen LogP contribution in [0.25, 0.3) is 0 Å². The van der Waals surface area contributed by atoms with Crippen LogP contribution in [0.5, 0.6) is 17.2 Å². The number of hydrogen-bond donors (Lipinski definition) is 1. The van der Waals surface area contributed by atoms with Crippen LogP contribution in [-0.2, 0) is 4.79 Å². The number of rotatable bonds is 7. The Hall–Kier alpha value is -2.73. The summed E-state index contributed by atoms with van der Waals surface area (Å²) in [6.07, 6.45) is 0. The van der Waals surface area contributed by atoms with Crippen LogP contribution < -0.4 is 19.6 Å². The van der Waals surface area contributed by atoms with Gasteiger partial charge in [-0.3, -0.25) is 4.79 Å². The van der Waals surface area contributed by atoms with Crippen molar-refractivity contribution in [1.29, 1.82) is 0 Å². The quantitative estimate of drug-likeness (QED) is 0.606. The molecule has 0 saturated carbocycles. The van der Waals surface area contributed by atoms with E-state index < -0.39 is 0 Å². The SMILES string of the molecule is COc1ccc(/C(C)=N\NC(=O)COc2cccc(Cl)c2)cc1OC. The second kappa shape index (κ2) is 8.94. The van der Waals surface area contributed by atoms with Gasteiger partial charge in [0.15, 0.2) is 18.1 Å². The molecule has 0 atom stereocenters. The molecule has 0 fully saturated rings. The minimum atomic E-state index is -0.375. The maximum Gasteiger partial charge on any atom is 0.277 e. The zero-order valence-corrected chi connectivity index (χ0v) is 15.0. The van der Waals surface area contributed by atoms with Crippen LogP contribution >= 0.6 is 11.6 Å². The first kappa shape index (κ1) is 18.6.